The van der Waals surface area contributed by atoms with Crippen molar-refractivity contribution in [3.63, 3.8) is 0 Å². The van der Waals surface area contributed by atoms with Crippen molar-refractivity contribution >= 4 is 5.69 Å². The SMILES string of the molecule is CC1(C)C2=C(CCCC2)N(C2=CC(N3C4C=CCCC4C4C=CCCC43)C(C#N)C=C2C2NC(C3CCCCC3)N2C2CCCCC2)c2ccccc21. The van der Waals surface area contributed by atoms with E-state index >= 15 is 0 Å². The molecule has 5 nitrogen and oxygen atoms in total. The molecule has 1 aromatic rings. The Morgan fingerprint density at radius 3 is 2.36 bits per heavy atom. The Morgan fingerprint density at radius 2 is 1.53 bits per heavy atom. The van der Waals surface area contributed by atoms with Crippen molar-refractivity contribution in [3.05, 3.63) is 88.8 Å². The number of allylic oxidation sites excluding steroid dienone is 4. The maximum Gasteiger partial charge on any atom is 0.0905 e. The normalized spacial score (nSPS) is 37.5. The van der Waals surface area contributed by atoms with E-state index in [1.165, 1.54) is 125 Å². The molecule has 280 valence electrons. The van der Waals surface area contributed by atoms with Gasteiger partial charge in [-0.1, -0.05) is 101 Å². The molecule has 0 spiro atoms. The molecular weight excluding hydrogens is 647 g/mol. The van der Waals surface area contributed by atoms with E-state index in [4.69, 9.17) is 0 Å². The van der Waals surface area contributed by atoms with Gasteiger partial charge in [-0.3, -0.25) is 15.1 Å². The zero-order valence-corrected chi connectivity index (χ0v) is 32.6. The summed E-state index contributed by atoms with van der Waals surface area (Å²) in [5, 5.41) is 15.5. The second-order valence-electron chi connectivity index (χ2n) is 18.8. The van der Waals surface area contributed by atoms with Crippen molar-refractivity contribution in [2.24, 2.45) is 23.7 Å². The second kappa shape index (κ2) is 14.0. The van der Waals surface area contributed by atoms with Crippen LogP contribution in [-0.2, 0) is 5.41 Å². The zero-order valence-electron chi connectivity index (χ0n) is 32.6. The van der Waals surface area contributed by atoms with Gasteiger partial charge in [-0.25, -0.2) is 0 Å². The molecular formula is C48H63N5. The van der Waals surface area contributed by atoms with Crippen LogP contribution in [0, 0.1) is 35.0 Å². The van der Waals surface area contributed by atoms with Gasteiger partial charge in [0.1, 0.15) is 0 Å². The van der Waals surface area contributed by atoms with Crippen LogP contribution in [0.3, 0.4) is 0 Å². The summed E-state index contributed by atoms with van der Waals surface area (Å²) in [6, 6.07) is 13.9. The van der Waals surface area contributed by atoms with Crippen LogP contribution in [0.4, 0.5) is 5.69 Å². The van der Waals surface area contributed by atoms with Gasteiger partial charge in [0.15, 0.2) is 0 Å². The maximum absolute atomic E-state index is 11.2. The van der Waals surface area contributed by atoms with Crippen molar-refractivity contribution in [2.45, 2.75) is 171 Å². The van der Waals surface area contributed by atoms with Crippen LogP contribution in [0.1, 0.15) is 135 Å². The van der Waals surface area contributed by atoms with E-state index in [0.29, 0.717) is 36.1 Å². The lowest BCUT2D eigenvalue weighted by Gasteiger charge is -2.59. The molecule has 1 N–H and O–H groups in total. The third kappa shape index (κ3) is 5.63. The van der Waals surface area contributed by atoms with Crippen molar-refractivity contribution in [3.8, 4) is 6.07 Å². The van der Waals surface area contributed by atoms with Gasteiger partial charge < -0.3 is 4.90 Å². The highest BCUT2D eigenvalue weighted by molar-refractivity contribution is 5.74. The average molecular weight is 710 g/mol. The molecule has 4 fully saturated rings. The van der Waals surface area contributed by atoms with E-state index in [0.717, 1.165) is 18.8 Å². The Balaban J connectivity index is 1.13. The fraction of sp³-hybridized carbons (Fsp3) is 0.646. The molecule has 0 amide bonds. The topological polar surface area (TPSA) is 45.5 Å². The third-order valence-electron chi connectivity index (χ3n) is 15.8. The van der Waals surface area contributed by atoms with Crippen LogP contribution in [0.15, 0.2) is 83.3 Å². The van der Waals surface area contributed by atoms with E-state index in [1.807, 2.05) is 0 Å². The van der Waals surface area contributed by atoms with Crippen LogP contribution in [0.2, 0.25) is 0 Å². The smallest absolute Gasteiger partial charge is 0.0905 e. The highest BCUT2D eigenvalue weighted by atomic mass is 15.5. The van der Waals surface area contributed by atoms with Crippen molar-refractivity contribution < 1.29 is 0 Å². The molecule has 8 atom stereocenters. The molecule has 6 aliphatic carbocycles. The Hall–Kier alpha value is -2.91. The largest absolute Gasteiger partial charge is 0.314 e. The predicted octanol–water partition coefficient (Wildman–Crippen LogP) is 10.4. The molecule has 5 heteroatoms. The van der Waals surface area contributed by atoms with Gasteiger partial charge in [-0.15, -0.1) is 0 Å². The second-order valence-corrected chi connectivity index (χ2v) is 18.8. The first kappa shape index (κ1) is 34.6. The quantitative estimate of drug-likeness (QED) is 0.309. The Kier molecular flexibility index (Phi) is 9.12. The average Bonchev–Trinajstić information content (AvgIpc) is 3.53. The van der Waals surface area contributed by atoms with E-state index < -0.39 is 0 Å². The molecule has 2 saturated carbocycles. The lowest BCUT2D eigenvalue weighted by atomic mass is 9.69. The number of hydrogen-bond acceptors (Lipinski definition) is 5. The van der Waals surface area contributed by atoms with E-state index in [-0.39, 0.29) is 23.5 Å². The third-order valence-corrected chi connectivity index (χ3v) is 15.8. The Morgan fingerprint density at radius 1 is 0.774 bits per heavy atom. The van der Waals surface area contributed by atoms with Crippen molar-refractivity contribution in [1.29, 1.82) is 5.26 Å². The van der Waals surface area contributed by atoms with Gasteiger partial charge in [-0.2, -0.15) is 5.26 Å². The molecule has 0 radical (unpaired) electrons. The van der Waals surface area contributed by atoms with Crippen molar-refractivity contribution in [1.82, 2.24) is 15.1 Å². The van der Waals surface area contributed by atoms with Gasteiger partial charge in [0, 0.05) is 46.2 Å². The summed E-state index contributed by atoms with van der Waals surface area (Å²) < 4.78 is 0. The summed E-state index contributed by atoms with van der Waals surface area (Å²) >= 11 is 0. The first-order valence-electron chi connectivity index (χ1n) is 22.1. The standard InChI is InChI=1S/C48H63N5/c1-48(2)38-23-11-15-27-42(38)53(43-28-16-12-24-39(43)48)45-30-44(52-40-25-13-9-21-35(40)36-22-10-14-26-41(36)52)33(31-49)29-37(45)47-50-46(32-17-5-3-6-18-32)51(47)34-19-7-4-8-20-34/h9,11,14-15,21,23,26-27,29-30,32-36,40-41,44,46-47,50H,3-8,10,12-13,16-20,22,24-25,28H2,1-2H3. The molecule has 1 aromatic carbocycles. The Bertz CT molecular complexity index is 1760. The minimum Gasteiger partial charge on any atom is -0.314 e. The number of para-hydroxylation sites is 1. The molecule has 3 heterocycles. The minimum absolute atomic E-state index is 0.0161. The number of likely N-dealkylation sites (tertiary alicyclic amines) is 1. The van der Waals surface area contributed by atoms with Crippen LogP contribution in [0.25, 0.3) is 0 Å². The van der Waals surface area contributed by atoms with Gasteiger partial charge in [0.2, 0.25) is 0 Å². The predicted molar refractivity (Wildman–Crippen MR) is 216 cm³/mol. The molecule has 0 bridgehead atoms. The van der Waals surface area contributed by atoms with Crippen LogP contribution in [-0.4, -0.2) is 46.3 Å². The van der Waals surface area contributed by atoms with Crippen LogP contribution < -0.4 is 10.2 Å². The summed E-state index contributed by atoms with van der Waals surface area (Å²) in [4.78, 5) is 8.60. The Labute approximate surface area is 319 Å². The molecule has 53 heavy (non-hydrogen) atoms. The number of nitriles is 1. The summed E-state index contributed by atoms with van der Waals surface area (Å²) in [6.45, 7) is 4.96. The summed E-state index contributed by atoms with van der Waals surface area (Å²) in [5.74, 6) is 1.81. The summed E-state index contributed by atoms with van der Waals surface area (Å²) in [7, 11) is 0. The highest BCUT2D eigenvalue weighted by Crippen LogP contribution is 2.55. The molecule has 2 saturated heterocycles. The molecule has 10 rings (SSSR count). The van der Waals surface area contributed by atoms with E-state index in [1.54, 1.807) is 11.3 Å². The van der Waals surface area contributed by atoms with Crippen molar-refractivity contribution in [2.75, 3.05) is 4.90 Å². The van der Waals surface area contributed by atoms with Gasteiger partial charge in [0.05, 0.1) is 30.4 Å². The molecule has 3 aliphatic heterocycles. The van der Waals surface area contributed by atoms with Gasteiger partial charge in [-0.05, 0) is 118 Å². The number of nitrogens with one attached hydrogen (secondary N) is 1. The first-order chi connectivity index (χ1) is 26.0. The number of rotatable bonds is 5. The monoisotopic (exact) mass is 710 g/mol. The molecule has 8 unspecified atom stereocenters. The molecule has 0 aromatic heterocycles. The summed E-state index contributed by atoms with van der Waals surface area (Å²) in [6.07, 6.45) is 39.0. The number of hydrogen-bond donors (Lipinski definition) is 1. The minimum atomic E-state index is -0.172. The number of anilines is 1. The van der Waals surface area contributed by atoms with E-state index in [2.05, 4.69) is 101 Å². The first-order valence-corrected chi connectivity index (χ1v) is 22.1. The van der Waals surface area contributed by atoms with Gasteiger partial charge >= 0.3 is 0 Å². The highest BCUT2D eigenvalue weighted by Gasteiger charge is 2.54. The number of nitrogens with zero attached hydrogens (tertiary/aromatic N) is 4. The fourth-order valence-corrected chi connectivity index (χ4v) is 13.3. The number of benzene rings is 1. The van der Waals surface area contributed by atoms with Gasteiger partial charge in [0.25, 0.3) is 0 Å². The lowest BCUT2D eigenvalue weighted by Crippen LogP contribution is -2.75. The summed E-state index contributed by atoms with van der Waals surface area (Å²) in [5.41, 5.74) is 8.79. The van der Waals surface area contributed by atoms with E-state index in [9.17, 15) is 5.26 Å². The van der Waals surface area contributed by atoms with Crippen LogP contribution >= 0.6 is 0 Å². The maximum atomic E-state index is 11.2. The fourth-order valence-electron chi connectivity index (χ4n) is 13.3. The van der Waals surface area contributed by atoms with Crippen LogP contribution in [0.5, 0.6) is 0 Å². The lowest BCUT2D eigenvalue weighted by molar-refractivity contribution is -0.0892. The molecule has 9 aliphatic rings. The zero-order chi connectivity index (χ0) is 35.7. The number of fused-ring (bicyclic) bond motifs is 4.